The minimum atomic E-state index is -1.14. The van der Waals surface area contributed by atoms with Crippen LogP contribution >= 0.6 is 0 Å². The van der Waals surface area contributed by atoms with Gasteiger partial charge in [0.25, 0.3) is 0 Å². The summed E-state index contributed by atoms with van der Waals surface area (Å²) in [6.45, 7) is 6.84. The van der Waals surface area contributed by atoms with E-state index in [-0.39, 0.29) is 11.5 Å². The molecule has 4 heteroatoms. The first-order valence-corrected chi connectivity index (χ1v) is 10.7. The van der Waals surface area contributed by atoms with E-state index in [2.05, 4.69) is 13.8 Å². The van der Waals surface area contributed by atoms with Gasteiger partial charge in [0.05, 0.1) is 0 Å². The smallest absolute Gasteiger partial charge is 0.450 e. The lowest BCUT2D eigenvalue weighted by molar-refractivity contribution is -0.141. The summed E-state index contributed by atoms with van der Waals surface area (Å²) in [6, 6.07) is 0. The summed E-state index contributed by atoms with van der Waals surface area (Å²) in [5.74, 6) is 3.63. The van der Waals surface area contributed by atoms with E-state index in [1.54, 1.807) is 0 Å². The second kappa shape index (κ2) is 6.24. The van der Waals surface area contributed by atoms with Crippen molar-refractivity contribution in [2.45, 2.75) is 84.7 Å². The molecule has 0 spiro atoms. The van der Waals surface area contributed by atoms with E-state index in [9.17, 15) is 9.59 Å². The van der Waals surface area contributed by atoms with Gasteiger partial charge in [-0.25, -0.2) is 4.79 Å². The largest absolute Gasteiger partial charge is 0.506 e. The third kappa shape index (κ3) is 2.62. The van der Waals surface area contributed by atoms with Crippen molar-refractivity contribution in [3.8, 4) is 0 Å². The van der Waals surface area contributed by atoms with Crippen molar-refractivity contribution in [2.24, 2.45) is 40.4 Å². The standard InChI is InChI=1S/C22H34O4/c1-13(26-20(24)25)17-6-7-18-16-5-4-14-12-15(23)8-10-21(14,2)19(16)9-11-22(17,18)3/h13-14,16-19H,4-12H2,1-3H3,(H,24,25)/t13?,14?,16-,17+,18-,19-,21-,22+/m0/s1. The molecule has 4 saturated carbocycles. The van der Waals surface area contributed by atoms with Crippen LogP contribution in [-0.2, 0) is 9.53 Å². The molecule has 1 N–H and O–H groups in total. The minimum absolute atomic E-state index is 0.210. The molecule has 4 aliphatic carbocycles. The summed E-state index contributed by atoms with van der Waals surface area (Å²) in [5.41, 5.74) is 0.559. The SMILES string of the molecule is CC(OC(=O)O)[C@H]1CC[C@H]2[C@@H]3CCC4CC(=O)CC[C@]4(C)[C@H]3CC[C@]12C. The highest BCUT2D eigenvalue weighted by atomic mass is 16.7. The molecule has 4 rings (SSSR count). The molecule has 2 unspecified atom stereocenters. The molecule has 0 saturated heterocycles. The topological polar surface area (TPSA) is 63.6 Å². The third-order valence-electron chi connectivity index (χ3n) is 9.41. The Labute approximate surface area is 157 Å². The molecule has 26 heavy (non-hydrogen) atoms. The van der Waals surface area contributed by atoms with E-state index in [0.717, 1.165) is 37.5 Å². The number of hydrogen-bond acceptors (Lipinski definition) is 3. The van der Waals surface area contributed by atoms with Crippen molar-refractivity contribution in [1.82, 2.24) is 0 Å². The molecule has 146 valence electrons. The van der Waals surface area contributed by atoms with Crippen LogP contribution in [0.3, 0.4) is 0 Å². The lowest BCUT2D eigenvalue weighted by Gasteiger charge is -2.60. The van der Waals surface area contributed by atoms with Gasteiger partial charge in [-0.3, -0.25) is 4.79 Å². The molecule has 4 fully saturated rings. The van der Waals surface area contributed by atoms with Gasteiger partial charge in [-0.1, -0.05) is 13.8 Å². The second-order valence-corrected chi connectivity index (χ2v) is 10.2. The zero-order valence-corrected chi connectivity index (χ0v) is 16.5. The van der Waals surface area contributed by atoms with E-state index < -0.39 is 6.16 Å². The van der Waals surface area contributed by atoms with Crippen LogP contribution in [0.2, 0.25) is 0 Å². The molecule has 0 aromatic rings. The summed E-state index contributed by atoms with van der Waals surface area (Å²) in [7, 11) is 0. The molecule has 0 aromatic heterocycles. The van der Waals surface area contributed by atoms with Gasteiger partial charge in [-0.15, -0.1) is 0 Å². The summed E-state index contributed by atoms with van der Waals surface area (Å²) in [5, 5.41) is 9.05. The number of Topliss-reactive ketones (excluding diaryl/α,β-unsaturated/α-hetero) is 1. The van der Waals surface area contributed by atoms with Crippen LogP contribution in [0.4, 0.5) is 4.79 Å². The predicted molar refractivity (Wildman–Crippen MR) is 98.8 cm³/mol. The van der Waals surface area contributed by atoms with Gasteiger partial charge in [0.15, 0.2) is 0 Å². The van der Waals surface area contributed by atoms with Gasteiger partial charge in [0, 0.05) is 18.8 Å². The van der Waals surface area contributed by atoms with Crippen molar-refractivity contribution >= 4 is 11.9 Å². The quantitative estimate of drug-likeness (QED) is 0.677. The Bertz CT molecular complexity index is 601. The molecule has 0 heterocycles. The van der Waals surface area contributed by atoms with Crippen LogP contribution in [0.1, 0.15) is 78.6 Å². The average molecular weight is 363 g/mol. The Morgan fingerprint density at radius 3 is 2.54 bits per heavy atom. The van der Waals surface area contributed by atoms with Gasteiger partial charge in [0.1, 0.15) is 11.9 Å². The first-order valence-electron chi connectivity index (χ1n) is 10.7. The van der Waals surface area contributed by atoms with Crippen molar-refractivity contribution in [2.75, 3.05) is 0 Å². The molecular weight excluding hydrogens is 328 g/mol. The van der Waals surface area contributed by atoms with Crippen molar-refractivity contribution < 1.29 is 19.4 Å². The number of ether oxygens (including phenoxy) is 1. The molecular formula is C22H34O4. The summed E-state index contributed by atoms with van der Waals surface area (Å²) >= 11 is 0. The van der Waals surface area contributed by atoms with Gasteiger partial charge in [-0.05, 0) is 86.4 Å². The molecule has 0 radical (unpaired) electrons. The maximum Gasteiger partial charge on any atom is 0.506 e. The third-order valence-corrected chi connectivity index (χ3v) is 9.41. The van der Waals surface area contributed by atoms with E-state index in [1.165, 1.54) is 32.1 Å². The monoisotopic (exact) mass is 362 g/mol. The lowest BCUT2D eigenvalue weighted by Crippen LogP contribution is -2.54. The highest BCUT2D eigenvalue weighted by molar-refractivity contribution is 5.79. The van der Waals surface area contributed by atoms with Crippen LogP contribution in [0.15, 0.2) is 0 Å². The zero-order valence-electron chi connectivity index (χ0n) is 16.5. The molecule has 0 aliphatic heterocycles. The lowest BCUT2D eigenvalue weighted by atomic mass is 9.44. The molecule has 4 nitrogen and oxygen atoms in total. The van der Waals surface area contributed by atoms with Crippen molar-refractivity contribution in [1.29, 1.82) is 0 Å². The molecule has 0 amide bonds. The predicted octanol–water partition coefficient (Wildman–Crippen LogP) is 5.30. The summed E-state index contributed by atoms with van der Waals surface area (Å²) < 4.78 is 5.18. The normalized spacial score (nSPS) is 48.9. The van der Waals surface area contributed by atoms with Gasteiger partial charge in [0.2, 0.25) is 0 Å². The highest BCUT2D eigenvalue weighted by Gasteiger charge is 2.61. The van der Waals surface area contributed by atoms with Crippen LogP contribution in [0.25, 0.3) is 0 Å². The van der Waals surface area contributed by atoms with Crippen LogP contribution < -0.4 is 0 Å². The van der Waals surface area contributed by atoms with E-state index in [4.69, 9.17) is 9.84 Å². The van der Waals surface area contributed by atoms with Crippen molar-refractivity contribution in [3.63, 3.8) is 0 Å². The number of carbonyl (C=O) groups is 2. The fraction of sp³-hybridized carbons (Fsp3) is 0.909. The Kier molecular flexibility index (Phi) is 4.39. The van der Waals surface area contributed by atoms with Crippen LogP contribution in [0, 0.1) is 40.4 Å². The highest BCUT2D eigenvalue weighted by Crippen LogP contribution is 2.67. The van der Waals surface area contributed by atoms with Gasteiger partial charge >= 0.3 is 6.16 Å². The summed E-state index contributed by atoms with van der Waals surface area (Å²) in [4.78, 5) is 23.0. The molecule has 8 atom stereocenters. The molecule has 0 bridgehead atoms. The fourth-order valence-electron chi connectivity index (χ4n) is 8.10. The van der Waals surface area contributed by atoms with Gasteiger partial charge in [-0.2, -0.15) is 0 Å². The molecule has 0 aromatic carbocycles. The number of carboxylic acid groups (broad SMARTS) is 1. The number of fused-ring (bicyclic) bond motifs is 5. The van der Waals surface area contributed by atoms with Gasteiger partial charge < -0.3 is 9.84 Å². The van der Waals surface area contributed by atoms with E-state index >= 15 is 0 Å². The Hall–Kier alpha value is -1.06. The number of rotatable bonds is 2. The second-order valence-electron chi connectivity index (χ2n) is 10.2. The Morgan fingerprint density at radius 1 is 1.08 bits per heavy atom. The van der Waals surface area contributed by atoms with E-state index in [1.807, 2.05) is 6.92 Å². The van der Waals surface area contributed by atoms with Crippen molar-refractivity contribution in [3.05, 3.63) is 0 Å². The number of carbonyl (C=O) groups excluding carboxylic acids is 1. The summed E-state index contributed by atoms with van der Waals surface area (Å²) in [6.07, 6.45) is 8.55. The first-order chi connectivity index (χ1) is 12.3. The van der Waals surface area contributed by atoms with Crippen LogP contribution in [0.5, 0.6) is 0 Å². The maximum absolute atomic E-state index is 12.0. The first kappa shape index (κ1) is 18.3. The minimum Gasteiger partial charge on any atom is -0.450 e. The Morgan fingerprint density at radius 2 is 1.81 bits per heavy atom. The fourth-order valence-corrected chi connectivity index (χ4v) is 8.10. The molecule has 4 aliphatic rings. The van der Waals surface area contributed by atoms with Crippen LogP contribution in [-0.4, -0.2) is 23.1 Å². The maximum atomic E-state index is 12.0. The Balaban J connectivity index is 1.56. The number of hydrogen-bond donors (Lipinski definition) is 1. The van der Waals surface area contributed by atoms with E-state index in [0.29, 0.717) is 29.0 Å². The number of ketones is 1. The zero-order chi connectivity index (χ0) is 18.7. The average Bonchev–Trinajstić information content (AvgIpc) is 2.92.